The van der Waals surface area contributed by atoms with Crippen LogP contribution in [0.15, 0.2) is 91.1 Å². The van der Waals surface area contributed by atoms with E-state index in [9.17, 15) is 14.4 Å². The summed E-state index contributed by atoms with van der Waals surface area (Å²) in [5.41, 5.74) is 4.71. The van der Waals surface area contributed by atoms with Crippen molar-refractivity contribution in [1.82, 2.24) is 0 Å². The van der Waals surface area contributed by atoms with Crippen molar-refractivity contribution in [3.8, 4) is 33.8 Å². The second-order valence-corrected chi connectivity index (χ2v) is 9.82. The number of fused-ring (bicyclic) bond motifs is 1. The van der Waals surface area contributed by atoms with E-state index in [2.05, 4.69) is 19.7 Å². The lowest BCUT2D eigenvalue weighted by Crippen LogP contribution is -2.12. The Morgan fingerprint density at radius 1 is 0.725 bits per heavy atom. The first-order valence-electron chi connectivity index (χ1n) is 12.6. The SMILES string of the molecule is C=C(C)C(=O)Oc1ccc(-c2ccc(-c3ccc4c(c3)C(OC(=O)C(=C)C)CC4)cc2F)cc1OC(=O)C(=C)C. The number of hydrogen-bond donors (Lipinski definition) is 0. The molecule has 40 heavy (non-hydrogen) atoms. The van der Waals surface area contributed by atoms with Gasteiger partial charge in [0.15, 0.2) is 11.5 Å². The molecule has 0 fully saturated rings. The Balaban J connectivity index is 1.65. The second-order valence-electron chi connectivity index (χ2n) is 9.82. The minimum Gasteiger partial charge on any atom is -0.454 e. The van der Waals surface area contributed by atoms with E-state index in [0.29, 0.717) is 23.1 Å². The molecular weight excluding hydrogens is 511 g/mol. The summed E-state index contributed by atoms with van der Waals surface area (Å²) in [5.74, 6) is -2.42. The molecule has 7 heteroatoms. The van der Waals surface area contributed by atoms with Gasteiger partial charge in [-0.15, -0.1) is 0 Å². The van der Waals surface area contributed by atoms with Gasteiger partial charge in [-0.2, -0.15) is 0 Å². The summed E-state index contributed by atoms with van der Waals surface area (Å²) >= 11 is 0. The van der Waals surface area contributed by atoms with Gasteiger partial charge in [0, 0.05) is 22.3 Å². The summed E-state index contributed by atoms with van der Waals surface area (Å²) in [5, 5.41) is 0. The van der Waals surface area contributed by atoms with Gasteiger partial charge in [-0.05, 0) is 85.7 Å². The van der Waals surface area contributed by atoms with Crippen LogP contribution in [0.4, 0.5) is 4.39 Å². The lowest BCUT2D eigenvalue weighted by molar-refractivity contribution is -0.144. The Labute approximate surface area is 232 Å². The average Bonchev–Trinajstić information content (AvgIpc) is 3.31. The fraction of sp³-hybridized carbons (Fsp3) is 0.182. The molecule has 1 aliphatic rings. The molecule has 0 saturated heterocycles. The van der Waals surface area contributed by atoms with Crippen LogP contribution in [0.3, 0.4) is 0 Å². The third kappa shape index (κ3) is 6.10. The molecule has 6 nitrogen and oxygen atoms in total. The maximum absolute atomic E-state index is 15.5. The Morgan fingerprint density at radius 3 is 1.93 bits per heavy atom. The molecule has 0 N–H and O–H groups in total. The van der Waals surface area contributed by atoms with Crippen LogP contribution in [0.5, 0.6) is 11.5 Å². The molecule has 0 saturated carbocycles. The molecule has 0 aliphatic heterocycles. The molecular formula is C33H29FO6. The topological polar surface area (TPSA) is 78.9 Å². The van der Waals surface area contributed by atoms with Crippen molar-refractivity contribution in [3.05, 3.63) is 108 Å². The molecule has 1 unspecified atom stereocenters. The summed E-state index contributed by atoms with van der Waals surface area (Å²) in [6.07, 6.45) is 1.09. The van der Waals surface area contributed by atoms with Crippen molar-refractivity contribution in [2.45, 2.75) is 39.7 Å². The second kappa shape index (κ2) is 11.5. The van der Waals surface area contributed by atoms with Crippen LogP contribution in [0, 0.1) is 5.82 Å². The summed E-state index contributed by atoms with van der Waals surface area (Å²) < 4.78 is 31.7. The van der Waals surface area contributed by atoms with Crippen LogP contribution in [-0.2, 0) is 25.5 Å². The van der Waals surface area contributed by atoms with Crippen LogP contribution in [0.2, 0.25) is 0 Å². The monoisotopic (exact) mass is 540 g/mol. The third-order valence-corrected chi connectivity index (χ3v) is 6.43. The zero-order valence-corrected chi connectivity index (χ0v) is 22.6. The molecule has 3 aromatic carbocycles. The van der Waals surface area contributed by atoms with Crippen molar-refractivity contribution in [2.75, 3.05) is 0 Å². The van der Waals surface area contributed by atoms with Gasteiger partial charge in [0.05, 0.1) is 0 Å². The Kier molecular flexibility index (Phi) is 8.14. The van der Waals surface area contributed by atoms with Crippen molar-refractivity contribution in [3.63, 3.8) is 0 Å². The summed E-state index contributed by atoms with van der Waals surface area (Å²) in [4.78, 5) is 36.3. The molecule has 0 spiro atoms. The van der Waals surface area contributed by atoms with Gasteiger partial charge in [-0.3, -0.25) is 0 Å². The standard InChI is InChI=1S/C33H29FO6/c1-18(2)31(35)38-28-13-10-21-7-8-22(15-26(21)28)23-9-12-25(27(34)16-23)24-11-14-29(39-32(36)19(3)4)30(17-24)40-33(37)20(5)6/h7-9,11-12,14-17,28H,1,3,5,10,13H2,2,4,6H3. The maximum Gasteiger partial charge on any atom is 0.338 e. The first-order chi connectivity index (χ1) is 18.9. The van der Waals surface area contributed by atoms with E-state index in [1.165, 1.54) is 32.0 Å². The molecule has 3 aromatic rings. The highest BCUT2D eigenvalue weighted by Crippen LogP contribution is 2.39. The van der Waals surface area contributed by atoms with E-state index >= 15 is 4.39 Å². The Morgan fingerprint density at radius 2 is 1.30 bits per heavy atom. The molecule has 0 bridgehead atoms. The van der Waals surface area contributed by atoms with Crippen molar-refractivity contribution < 1.29 is 33.0 Å². The quantitative estimate of drug-likeness (QED) is 0.170. The number of aryl methyl sites for hydroxylation is 1. The van der Waals surface area contributed by atoms with Crippen molar-refractivity contribution >= 4 is 17.9 Å². The molecule has 1 aliphatic carbocycles. The van der Waals surface area contributed by atoms with Gasteiger partial charge in [0.1, 0.15) is 11.9 Å². The summed E-state index contributed by atoms with van der Waals surface area (Å²) in [6, 6.07) is 15.0. The van der Waals surface area contributed by atoms with E-state index in [1.807, 2.05) is 18.2 Å². The maximum atomic E-state index is 15.5. The Hall–Kier alpha value is -4.78. The van der Waals surface area contributed by atoms with E-state index in [1.54, 1.807) is 25.1 Å². The van der Waals surface area contributed by atoms with E-state index in [0.717, 1.165) is 23.1 Å². The molecule has 1 atom stereocenters. The molecule has 0 amide bonds. The van der Waals surface area contributed by atoms with Crippen LogP contribution < -0.4 is 9.47 Å². The van der Waals surface area contributed by atoms with Gasteiger partial charge >= 0.3 is 17.9 Å². The zero-order valence-electron chi connectivity index (χ0n) is 22.6. The highest BCUT2D eigenvalue weighted by molar-refractivity contribution is 5.91. The largest absolute Gasteiger partial charge is 0.454 e. The minimum atomic E-state index is -0.718. The van der Waals surface area contributed by atoms with Crippen LogP contribution in [-0.4, -0.2) is 17.9 Å². The van der Waals surface area contributed by atoms with Gasteiger partial charge in [0.2, 0.25) is 0 Å². The van der Waals surface area contributed by atoms with Crippen molar-refractivity contribution in [2.24, 2.45) is 0 Å². The summed E-state index contributed by atoms with van der Waals surface area (Å²) in [7, 11) is 0. The van der Waals surface area contributed by atoms with Gasteiger partial charge in [-0.25, -0.2) is 18.8 Å². The number of rotatable bonds is 8. The number of ether oxygens (including phenoxy) is 3. The fourth-order valence-electron chi connectivity index (χ4n) is 4.24. The lowest BCUT2D eigenvalue weighted by atomic mass is 9.97. The average molecular weight is 541 g/mol. The minimum absolute atomic E-state index is 0.0107. The fourth-order valence-corrected chi connectivity index (χ4v) is 4.24. The van der Waals surface area contributed by atoms with Crippen LogP contribution in [0.1, 0.15) is 44.4 Å². The number of carbonyl (C=O) groups excluding carboxylic acids is 3. The number of hydrogen-bond acceptors (Lipinski definition) is 6. The molecule has 0 aromatic heterocycles. The number of benzene rings is 3. The van der Waals surface area contributed by atoms with Gasteiger partial charge in [-0.1, -0.05) is 50.1 Å². The highest BCUT2D eigenvalue weighted by atomic mass is 19.1. The lowest BCUT2D eigenvalue weighted by Gasteiger charge is -2.15. The van der Waals surface area contributed by atoms with E-state index in [-0.39, 0.29) is 34.3 Å². The van der Waals surface area contributed by atoms with E-state index in [4.69, 9.17) is 14.2 Å². The van der Waals surface area contributed by atoms with Gasteiger partial charge in [0.25, 0.3) is 0 Å². The number of carbonyl (C=O) groups is 3. The number of esters is 3. The molecule has 0 heterocycles. The van der Waals surface area contributed by atoms with Crippen LogP contribution in [0.25, 0.3) is 22.3 Å². The molecule has 4 rings (SSSR count). The predicted molar refractivity (Wildman–Crippen MR) is 150 cm³/mol. The normalized spacial score (nSPS) is 13.7. The number of halogens is 1. The van der Waals surface area contributed by atoms with Gasteiger partial charge < -0.3 is 14.2 Å². The first-order valence-corrected chi connectivity index (χ1v) is 12.6. The molecule has 0 radical (unpaired) electrons. The first kappa shape index (κ1) is 28.2. The Bertz CT molecular complexity index is 1580. The molecule has 204 valence electrons. The smallest absolute Gasteiger partial charge is 0.338 e. The predicted octanol–water partition coefficient (Wildman–Crippen LogP) is 7.23. The van der Waals surface area contributed by atoms with E-state index < -0.39 is 23.7 Å². The van der Waals surface area contributed by atoms with Crippen molar-refractivity contribution in [1.29, 1.82) is 0 Å². The third-order valence-electron chi connectivity index (χ3n) is 6.43. The van der Waals surface area contributed by atoms with Crippen LogP contribution >= 0.6 is 0 Å². The highest BCUT2D eigenvalue weighted by Gasteiger charge is 2.26. The summed E-state index contributed by atoms with van der Waals surface area (Å²) in [6.45, 7) is 15.3. The zero-order chi connectivity index (χ0) is 29.1.